The van der Waals surface area contributed by atoms with Crippen molar-refractivity contribution in [2.45, 2.75) is 51.1 Å². The summed E-state index contributed by atoms with van der Waals surface area (Å²) in [5.41, 5.74) is 2.17. The Morgan fingerprint density at radius 1 is 1.04 bits per heavy atom. The van der Waals surface area contributed by atoms with Crippen molar-refractivity contribution in [1.29, 1.82) is 0 Å². The molecule has 0 spiro atoms. The first-order valence-corrected chi connectivity index (χ1v) is 9.30. The first-order valence-electron chi connectivity index (χ1n) is 9.30. The van der Waals surface area contributed by atoms with Crippen molar-refractivity contribution >= 4 is 6.03 Å². The molecule has 0 unspecified atom stereocenters. The SMILES string of the molecule is O=C(NC1CCCCC1)N(CCc1ccccc1)Cc1ccccn1. The summed E-state index contributed by atoms with van der Waals surface area (Å²) in [4.78, 5) is 19.1. The molecule has 0 bridgehead atoms. The third-order valence-electron chi connectivity index (χ3n) is 4.81. The van der Waals surface area contributed by atoms with Crippen LogP contribution in [0.4, 0.5) is 4.79 Å². The minimum Gasteiger partial charge on any atom is -0.335 e. The maximum atomic E-state index is 12.8. The Balaban J connectivity index is 1.63. The number of aromatic nitrogens is 1. The molecule has 4 heteroatoms. The molecular weight excluding hydrogens is 310 g/mol. The van der Waals surface area contributed by atoms with E-state index in [1.54, 1.807) is 6.20 Å². The van der Waals surface area contributed by atoms with E-state index in [1.165, 1.54) is 24.8 Å². The van der Waals surface area contributed by atoms with Crippen LogP contribution in [0.15, 0.2) is 54.7 Å². The quantitative estimate of drug-likeness (QED) is 0.860. The zero-order valence-electron chi connectivity index (χ0n) is 14.7. The summed E-state index contributed by atoms with van der Waals surface area (Å²) in [6.07, 6.45) is 8.56. The Kier molecular flexibility index (Phi) is 6.43. The fourth-order valence-corrected chi connectivity index (χ4v) is 3.36. The summed E-state index contributed by atoms with van der Waals surface area (Å²) in [6, 6.07) is 16.5. The fraction of sp³-hybridized carbons (Fsp3) is 0.429. The number of hydrogen-bond acceptors (Lipinski definition) is 2. The van der Waals surface area contributed by atoms with Crippen LogP contribution in [-0.2, 0) is 13.0 Å². The molecule has 1 aliphatic rings. The molecule has 0 saturated heterocycles. The third-order valence-corrected chi connectivity index (χ3v) is 4.81. The zero-order valence-corrected chi connectivity index (χ0v) is 14.7. The molecule has 1 fully saturated rings. The molecule has 1 aliphatic carbocycles. The van der Waals surface area contributed by atoms with Crippen molar-refractivity contribution in [1.82, 2.24) is 15.2 Å². The monoisotopic (exact) mass is 337 g/mol. The summed E-state index contributed by atoms with van der Waals surface area (Å²) in [6.45, 7) is 1.24. The van der Waals surface area contributed by atoms with E-state index in [2.05, 4.69) is 22.4 Å². The number of carbonyl (C=O) groups excluding carboxylic acids is 1. The molecular formula is C21H27N3O. The highest BCUT2D eigenvalue weighted by Crippen LogP contribution is 2.18. The molecule has 132 valence electrons. The molecule has 1 N–H and O–H groups in total. The van der Waals surface area contributed by atoms with E-state index in [0.29, 0.717) is 19.1 Å². The lowest BCUT2D eigenvalue weighted by molar-refractivity contribution is 0.187. The molecule has 1 saturated carbocycles. The zero-order chi connectivity index (χ0) is 17.3. The largest absolute Gasteiger partial charge is 0.335 e. The Morgan fingerprint density at radius 3 is 2.52 bits per heavy atom. The molecule has 0 atom stereocenters. The lowest BCUT2D eigenvalue weighted by atomic mass is 9.96. The van der Waals surface area contributed by atoms with Gasteiger partial charge in [-0.25, -0.2) is 4.79 Å². The van der Waals surface area contributed by atoms with Crippen LogP contribution in [0.5, 0.6) is 0 Å². The second kappa shape index (κ2) is 9.21. The summed E-state index contributed by atoms with van der Waals surface area (Å²) < 4.78 is 0. The van der Waals surface area contributed by atoms with Crippen LogP contribution in [0.25, 0.3) is 0 Å². The van der Waals surface area contributed by atoms with Crippen LogP contribution in [0.2, 0.25) is 0 Å². The van der Waals surface area contributed by atoms with E-state index in [0.717, 1.165) is 25.0 Å². The van der Waals surface area contributed by atoms with E-state index in [1.807, 2.05) is 41.3 Å². The molecule has 0 aliphatic heterocycles. The van der Waals surface area contributed by atoms with E-state index in [-0.39, 0.29) is 6.03 Å². The van der Waals surface area contributed by atoms with Crippen molar-refractivity contribution in [2.24, 2.45) is 0 Å². The van der Waals surface area contributed by atoms with Gasteiger partial charge in [-0.2, -0.15) is 0 Å². The molecule has 4 nitrogen and oxygen atoms in total. The van der Waals surface area contributed by atoms with E-state index < -0.39 is 0 Å². The van der Waals surface area contributed by atoms with Gasteiger partial charge in [-0.1, -0.05) is 55.7 Å². The van der Waals surface area contributed by atoms with Gasteiger partial charge in [0.2, 0.25) is 0 Å². The van der Waals surface area contributed by atoms with Crippen molar-refractivity contribution in [3.8, 4) is 0 Å². The standard InChI is InChI=1S/C21H27N3O/c25-21(23-19-11-5-2-6-12-19)24(17-20-13-7-8-15-22-20)16-14-18-9-3-1-4-10-18/h1,3-4,7-10,13,15,19H,2,5-6,11-12,14,16-17H2,(H,23,25). The molecule has 2 amide bonds. The van der Waals surface area contributed by atoms with Gasteiger partial charge in [-0.05, 0) is 37.0 Å². The van der Waals surface area contributed by atoms with Crippen molar-refractivity contribution in [2.75, 3.05) is 6.54 Å². The van der Waals surface area contributed by atoms with Crippen LogP contribution in [0.3, 0.4) is 0 Å². The molecule has 25 heavy (non-hydrogen) atoms. The van der Waals surface area contributed by atoms with Gasteiger partial charge in [0.25, 0.3) is 0 Å². The lowest BCUT2D eigenvalue weighted by Crippen LogP contribution is -2.46. The number of hydrogen-bond donors (Lipinski definition) is 1. The Bertz CT molecular complexity index is 639. The van der Waals surface area contributed by atoms with E-state index in [9.17, 15) is 4.79 Å². The normalized spacial score (nSPS) is 14.9. The van der Waals surface area contributed by atoms with Crippen molar-refractivity contribution < 1.29 is 4.79 Å². The van der Waals surface area contributed by atoms with Gasteiger partial charge in [0.05, 0.1) is 12.2 Å². The first-order chi connectivity index (χ1) is 12.3. The van der Waals surface area contributed by atoms with Crippen molar-refractivity contribution in [3.05, 3.63) is 66.0 Å². The smallest absolute Gasteiger partial charge is 0.317 e. The Labute approximate surface area is 150 Å². The van der Waals surface area contributed by atoms with Gasteiger partial charge in [-0.15, -0.1) is 0 Å². The van der Waals surface area contributed by atoms with Crippen LogP contribution < -0.4 is 5.32 Å². The van der Waals surface area contributed by atoms with Gasteiger partial charge in [0.15, 0.2) is 0 Å². The summed E-state index contributed by atoms with van der Waals surface area (Å²) in [5, 5.41) is 3.23. The average Bonchev–Trinajstić information content (AvgIpc) is 2.67. The van der Waals surface area contributed by atoms with Gasteiger partial charge in [0, 0.05) is 18.8 Å². The van der Waals surface area contributed by atoms with Gasteiger partial charge >= 0.3 is 6.03 Å². The van der Waals surface area contributed by atoms with Gasteiger partial charge in [0.1, 0.15) is 0 Å². The number of pyridine rings is 1. The van der Waals surface area contributed by atoms with Crippen LogP contribution >= 0.6 is 0 Å². The van der Waals surface area contributed by atoms with E-state index in [4.69, 9.17) is 0 Å². The average molecular weight is 337 g/mol. The predicted molar refractivity (Wildman–Crippen MR) is 100 cm³/mol. The second-order valence-corrected chi connectivity index (χ2v) is 6.76. The highest BCUT2D eigenvalue weighted by molar-refractivity contribution is 5.74. The van der Waals surface area contributed by atoms with E-state index >= 15 is 0 Å². The predicted octanol–water partition coefficient (Wildman–Crippen LogP) is 4.17. The number of carbonyl (C=O) groups is 1. The van der Waals surface area contributed by atoms with Crippen molar-refractivity contribution in [3.63, 3.8) is 0 Å². The Hall–Kier alpha value is -2.36. The molecule has 0 radical (unpaired) electrons. The second-order valence-electron chi connectivity index (χ2n) is 6.76. The maximum absolute atomic E-state index is 12.8. The number of rotatable bonds is 6. The van der Waals surface area contributed by atoms with Gasteiger partial charge < -0.3 is 10.2 Å². The molecule has 1 aromatic carbocycles. The van der Waals surface area contributed by atoms with Crippen LogP contribution in [-0.4, -0.2) is 28.5 Å². The minimum absolute atomic E-state index is 0.0356. The summed E-state index contributed by atoms with van der Waals surface area (Å²) in [7, 11) is 0. The van der Waals surface area contributed by atoms with Gasteiger partial charge in [-0.3, -0.25) is 4.98 Å². The molecule has 2 aromatic rings. The maximum Gasteiger partial charge on any atom is 0.317 e. The molecule has 1 aromatic heterocycles. The topological polar surface area (TPSA) is 45.2 Å². The fourth-order valence-electron chi connectivity index (χ4n) is 3.36. The minimum atomic E-state index is 0.0356. The Morgan fingerprint density at radius 2 is 1.80 bits per heavy atom. The molecule has 1 heterocycles. The third kappa shape index (κ3) is 5.59. The van der Waals surface area contributed by atoms with Crippen LogP contribution in [0.1, 0.15) is 43.4 Å². The number of nitrogens with zero attached hydrogens (tertiary/aromatic N) is 2. The highest BCUT2D eigenvalue weighted by atomic mass is 16.2. The summed E-state index contributed by atoms with van der Waals surface area (Å²) in [5.74, 6) is 0. The highest BCUT2D eigenvalue weighted by Gasteiger charge is 2.20. The number of amides is 2. The lowest BCUT2D eigenvalue weighted by Gasteiger charge is -2.28. The number of urea groups is 1. The number of benzene rings is 1. The summed E-state index contributed by atoms with van der Waals surface area (Å²) >= 11 is 0. The molecule has 3 rings (SSSR count). The van der Waals surface area contributed by atoms with Crippen LogP contribution in [0, 0.1) is 0 Å². The number of nitrogens with one attached hydrogen (secondary N) is 1. The first kappa shape index (κ1) is 17.5.